The van der Waals surface area contributed by atoms with Crippen molar-refractivity contribution >= 4 is 27.5 Å². The molecule has 2 aromatic carbocycles. The molecule has 0 fully saturated rings. The Labute approximate surface area is 123 Å². The van der Waals surface area contributed by atoms with Crippen molar-refractivity contribution in [1.29, 1.82) is 0 Å². The van der Waals surface area contributed by atoms with Crippen LogP contribution in [0.2, 0.25) is 0 Å². The van der Waals surface area contributed by atoms with Gasteiger partial charge in [0.2, 0.25) is 0 Å². The van der Waals surface area contributed by atoms with Crippen LogP contribution in [-0.2, 0) is 4.74 Å². The molecule has 0 saturated carbocycles. The quantitative estimate of drug-likeness (QED) is 0.588. The third-order valence-electron chi connectivity index (χ3n) is 3.38. The number of hydrogen-bond donors (Lipinski definition) is 1. The Hall–Kier alpha value is -2.33. The Morgan fingerprint density at radius 1 is 1.10 bits per heavy atom. The summed E-state index contributed by atoms with van der Waals surface area (Å²) in [6, 6.07) is 13.9. The summed E-state index contributed by atoms with van der Waals surface area (Å²) in [5.41, 5.74) is 8.50. The SMILES string of the molecule is COCC(C)Oc1cc2cc3ccccc3nc2cc1N. The van der Waals surface area contributed by atoms with Gasteiger partial charge in [0.15, 0.2) is 0 Å². The topological polar surface area (TPSA) is 57.4 Å². The molecule has 108 valence electrons. The molecule has 2 N–H and O–H groups in total. The highest BCUT2D eigenvalue weighted by atomic mass is 16.5. The predicted molar refractivity (Wildman–Crippen MR) is 85.6 cm³/mol. The first kappa shape index (κ1) is 13.6. The molecule has 1 unspecified atom stereocenters. The zero-order valence-electron chi connectivity index (χ0n) is 12.2. The number of pyridine rings is 1. The lowest BCUT2D eigenvalue weighted by Gasteiger charge is -2.16. The summed E-state index contributed by atoms with van der Waals surface area (Å²) in [5.74, 6) is 0.670. The largest absolute Gasteiger partial charge is 0.486 e. The summed E-state index contributed by atoms with van der Waals surface area (Å²) in [6.45, 7) is 2.47. The number of benzene rings is 2. The highest BCUT2D eigenvalue weighted by Crippen LogP contribution is 2.30. The van der Waals surface area contributed by atoms with E-state index in [0.29, 0.717) is 18.0 Å². The smallest absolute Gasteiger partial charge is 0.143 e. The van der Waals surface area contributed by atoms with Gasteiger partial charge in [-0.3, -0.25) is 0 Å². The first-order valence-corrected chi connectivity index (χ1v) is 6.92. The van der Waals surface area contributed by atoms with Crippen LogP contribution in [0, 0.1) is 0 Å². The Morgan fingerprint density at radius 2 is 1.90 bits per heavy atom. The maximum Gasteiger partial charge on any atom is 0.143 e. The van der Waals surface area contributed by atoms with E-state index in [1.54, 1.807) is 7.11 Å². The molecule has 0 aliphatic heterocycles. The number of rotatable bonds is 4. The monoisotopic (exact) mass is 282 g/mol. The Kier molecular flexibility index (Phi) is 3.62. The third kappa shape index (κ3) is 2.76. The molecule has 0 bridgehead atoms. The van der Waals surface area contributed by atoms with Crippen molar-refractivity contribution in [2.24, 2.45) is 0 Å². The number of methoxy groups -OCH3 is 1. The Balaban J connectivity index is 2.07. The minimum absolute atomic E-state index is 0.0526. The molecule has 0 saturated heterocycles. The molecule has 3 rings (SSSR count). The van der Waals surface area contributed by atoms with Crippen molar-refractivity contribution in [3.8, 4) is 5.75 Å². The Morgan fingerprint density at radius 3 is 2.71 bits per heavy atom. The Bertz CT molecular complexity index is 786. The second kappa shape index (κ2) is 5.58. The molecule has 0 aliphatic rings. The molecule has 0 radical (unpaired) electrons. The minimum Gasteiger partial charge on any atom is -0.486 e. The zero-order chi connectivity index (χ0) is 14.8. The molecule has 0 amide bonds. The van der Waals surface area contributed by atoms with Crippen LogP contribution in [-0.4, -0.2) is 24.8 Å². The van der Waals surface area contributed by atoms with Crippen molar-refractivity contribution in [3.05, 3.63) is 42.5 Å². The van der Waals surface area contributed by atoms with Crippen LogP contribution in [0.3, 0.4) is 0 Å². The fourth-order valence-electron chi connectivity index (χ4n) is 2.41. The van der Waals surface area contributed by atoms with Crippen LogP contribution < -0.4 is 10.5 Å². The average molecular weight is 282 g/mol. The third-order valence-corrected chi connectivity index (χ3v) is 3.38. The zero-order valence-corrected chi connectivity index (χ0v) is 12.2. The van der Waals surface area contributed by atoms with Gasteiger partial charge in [-0.15, -0.1) is 0 Å². The van der Waals surface area contributed by atoms with Crippen LogP contribution in [0.1, 0.15) is 6.92 Å². The molecule has 4 nitrogen and oxygen atoms in total. The van der Waals surface area contributed by atoms with Gasteiger partial charge in [-0.25, -0.2) is 4.98 Å². The summed E-state index contributed by atoms with van der Waals surface area (Å²) < 4.78 is 10.9. The first-order chi connectivity index (χ1) is 10.2. The molecular formula is C17H18N2O2. The van der Waals surface area contributed by atoms with Crippen molar-refractivity contribution in [3.63, 3.8) is 0 Å². The second-order valence-corrected chi connectivity index (χ2v) is 5.15. The molecule has 3 aromatic rings. The standard InChI is InChI=1S/C17H18N2O2/c1-11(10-20-2)21-17-8-13-7-12-5-3-4-6-15(12)19-16(13)9-14(17)18/h3-9,11H,10,18H2,1-2H3. The summed E-state index contributed by atoms with van der Waals surface area (Å²) in [6.07, 6.45) is -0.0526. The molecule has 0 spiro atoms. The van der Waals surface area contributed by atoms with Gasteiger partial charge < -0.3 is 15.2 Å². The van der Waals surface area contributed by atoms with Crippen LogP contribution in [0.5, 0.6) is 5.75 Å². The maximum atomic E-state index is 6.07. The first-order valence-electron chi connectivity index (χ1n) is 6.92. The van der Waals surface area contributed by atoms with Crippen LogP contribution in [0.15, 0.2) is 42.5 Å². The minimum atomic E-state index is -0.0526. The van der Waals surface area contributed by atoms with Gasteiger partial charge in [-0.05, 0) is 31.2 Å². The molecular weight excluding hydrogens is 264 g/mol. The van der Waals surface area contributed by atoms with Gasteiger partial charge >= 0.3 is 0 Å². The molecule has 0 aliphatic carbocycles. The van der Waals surface area contributed by atoms with Gasteiger partial charge in [0.1, 0.15) is 11.9 Å². The second-order valence-electron chi connectivity index (χ2n) is 5.15. The van der Waals surface area contributed by atoms with E-state index in [1.807, 2.05) is 43.3 Å². The van der Waals surface area contributed by atoms with Gasteiger partial charge in [0, 0.05) is 17.9 Å². The van der Waals surface area contributed by atoms with Crippen LogP contribution >= 0.6 is 0 Å². The van der Waals surface area contributed by atoms with Gasteiger partial charge in [-0.2, -0.15) is 0 Å². The van der Waals surface area contributed by atoms with E-state index in [-0.39, 0.29) is 6.10 Å². The van der Waals surface area contributed by atoms with Crippen molar-refractivity contribution in [1.82, 2.24) is 4.98 Å². The number of aromatic nitrogens is 1. The highest BCUT2D eigenvalue weighted by molar-refractivity contribution is 5.95. The average Bonchev–Trinajstić information content (AvgIpc) is 2.46. The number of nitrogen functional groups attached to an aromatic ring is 1. The number of fused-ring (bicyclic) bond motifs is 2. The number of para-hydroxylation sites is 1. The van der Waals surface area contributed by atoms with E-state index < -0.39 is 0 Å². The van der Waals surface area contributed by atoms with Gasteiger partial charge in [0.05, 0.1) is 23.3 Å². The summed E-state index contributed by atoms with van der Waals surface area (Å²) >= 11 is 0. The normalized spacial score (nSPS) is 12.7. The fraction of sp³-hybridized carbons (Fsp3) is 0.235. The van der Waals surface area contributed by atoms with Crippen molar-refractivity contribution in [2.75, 3.05) is 19.5 Å². The van der Waals surface area contributed by atoms with E-state index >= 15 is 0 Å². The maximum absolute atomic E-state index is 6.07. The molecule has 4 heteroatoms. The summed E-state index contributed by atoms with van der Waals surface area (Å²) in [5, 5.41) is 2.12. The molecule has 1 atom stereocenters. The lowest BCUT2D eigenvalue weighted by atomic mass is 10.1. The predicted octanol–water partition coefficient (Wildman–Crippen LogP) is 3.38. The van der Waals surface area contributed by atoms with Gasteiger partial charge in [0.25, 0.3) is 0 Å². The van der Waals surface area contributed by atoms with Crippen LogP contribution in [0.25, 0.3) is 21.8 Å². The number of nitrogens with two attached hydrogens (primary N) is 1. The van der Waals surface area contributed by atoms with E-state index in [9.17, 15) is 0 Å². The molecule has 1 aromatic heterocycles. The lowest BCUT2D eigenvalue weighted by Crippen LogP contribution is -2.18. The van der Waals surface area contributed by atoms with E-state index in [2.05, 4.69) is 11.1 Å². The van der Waals surface area contributed by atoms with Crippen LogP contribution in [0.4, 0.5) is 5.69 Å². The lowest BCUT2D eigenvalue weighted by molar-refractivity contribution is 0.0927. The number of nitrogens with zero attached hydrogens (tertiary/aromatic N) is 1. The number of hydrogen-bond acceptors (Lipinski definition) is 4. The molecule has 21 heavy (non-hydrogen) atoms. The van der Waals surface area contributed by atoms with Gasteiger partial charge in [-0.1, -0.05) is 18.2 Å². The summed E-state index contributed by atoms with van der Waals surface area (Å²) in [4.78, 5) is 4.63. The number of ether oxygens (including phenoxy) is 2. The van der Waals surface area contributed by atoms with E-state index in [1.165, 1.54) is 0 Å². The molecule has 1 heterocycles. The van der Waals surface area contributed by atoms with E-state index in [0.717, 1.165) is 21.8 Å². The summed E-state index contributed by atoms with van der Waals surface area (Å²) in [7, 11) is 1.65. The van der Waals surface area contributed by atoms with E-state index in [4.69, 9.17) is 15.2 Å². The van der Waals surface area contributed by atoms with Crippen molar-refractivity contribution in [2.45, 2.75) is 13.0 Å². The number of anilines is 1. The van der Waals surface area contributed by atoms with Crippen molar-refractivity contribution < 1.29 is 9.47 Å². The highest BCUT2D eigenvalue weighted by Gasteiger charge is 2.09. The fourth-order valence-corrected chi connectivity index (χ4v) is 2.41.